The van der Waals surface area contributed by atoms with Crippen LogP contribution in [0.15, 0.2) is 41.5 Å². The lowest BCUT2D eigenvalue weighted by atomic mass is 9.73. The smallest absolute Gasteiger partial charge is 0.416 e. The summed E-state index contributed by atoms with van der Waals surface area (Å²) in [5.41, 5.74) is 0.420. The standard InChI is InChI=1S/C39H38ClF3N10O5/c1-19-14-38(8-10-50(11-9-38)36(57)31-33(55)21(3)44-18-45-31)30-32(19)52(16-29(54)47-27-6-4-22(12-26(27)40)39(41,42)43)37-48-34(49-53(37)35(30)56)25-5-7-28(46-20(25)2)51-15-24-13-23(51)17-58-24/h4-7,12,18-19,23-24,55H,8-11,13-17H2,1-3H3,(H,47,54)/t19?,23-,24-/m0/s1. The molecule has 19 heteroatoms. The molecule has 58 heavy (non-hydrogen) atoms. The number of ether oxygens (including phenoxy) is 1. The molecule has 4 aromatic heterocycles. The summed E-state index contributed by atoms with van der Waals surface area (Å²) in [5, 5.41) is 17.6. The maximum absolute atomic E-state index is 14.7. The van der Waals surface area contributed by atoms with Crippen molar-refractivity contribution in [2.75, 3.05) is 36.5 Å². The number of morpholine rings is 1. The molecule has 2 amide bonds. The fraction of sp³-hybridized carbons (Fsp3) is 0.436. The number of aromatic hydroxyl groups is 1. The number of halogens is 4. The average molecular weight is 819 g/mol. The molecule has 302 valence electrons. The first-order valence-electron chi connectivity index (χ1n) is 19.0. The van der Waals surface area contributed by atoms with E-state index in [-0.39, 0.29) is 77.1 Å². The van der Waals surface area contributed by atoms with Crippen LogP contribution in [0, 0.1) is 13.8 Å². The number of rotatable bonds is 6. The van der Waals surface area contributed by atoms with Crippen LogP contribution in [0.25, 0.3) is 17.2 Å². The molecule has 1 spiro atoms. The number of hydrogen-bond acceptors (Lipinski definition) is 11. The summed E-state index contributed by atoms with van der Waals surface area (Å²) in [6, 6.07) is 6.70. The van der Waals surface area contributed by atoms with Crippen LogP contribution in [0.3, 0.4) is 0 Å². The van der Waals surface area contributed by atoms with Crippen LogP contribution in [0.2, 0.25) is 5.02 Å². The number of benzene rings is 1. The van der Waals surface area contributed by atoms with Crippen LogP contribution in [0.5, 0.6) is 5.75 Å². The number of anilines is 2. The summed E-state index contributed by atoms with van der Waals surface area (Å²) in [5.74, 6) is -0.442. The number of aromatic nitrogens is 7. The van der Waals surface area contributed by atoms with Gasteiger partial charge < -0.3 is 29.5 Å². The molecule has 4 aliphatic rings. The Hall–Kier alpha value is -5.62. The third-order valence-electron chi connectivity index (χ3n) is 12.1. The zero-order valence-electron chi connectivity index (χ0n) is 31.7. The second-order valence-electron chi connectivity index (χ2n) is 15.7. The van der Waals surface area contributed by atoms with Gasteiger partial charge in [-0.05, 0) is 75.8 Å². The second-order valence-corrected chi connectivity index (χ2v) is 16.1. The largest absolute Gasteiger partial charge is 0.504 e. The van der Waals surface area contributed by atoms with Crippen LogP contribution < -0.4 is 15.8 Å². The van der Waals surface area contributed by atoms with Crippen LogP contribution >= 0.6 is 11.6 Å². The Labute approximate surface area is 333 Å². The minimum absolute atomic E-state index is 0.0124. The van der Waals surface area contributed by atoms with Crippen LogP contribution in [-0.2, 0) is 27.7 Å². The Balaban J connectivity index is 1.09. The predicted molar refractivity (Wildman–Crippen MR) is 204 cm³/mol. The van der Waals surface area contributed by atoms with Crippen molar-refractivity contribution in [2.24, 2.45) is 0 Å². The quantitative estimate of drug-likeness (QED) is 0.235. The number of nitrogens with zero attached hydrogens (tertiary/aromatic N) is 9. The Morgan fingerprint density at radius 3 is 2.53 bits per heavy atom. The van der Waals surface area contributed by atoms with Gasteiger partial charge in [-0.3, -0.25) is 14.4 Å². The molecule has 1 aromatic carbocycles. The summed E-state index contributed by atoms with van der Waals surface area (Å²) in [4.78, 5) is 63.6. The maximum Gasteiger partial charge on any atom is 0.416 e. The molecule has 15 nitrogen and oxygen atoms in total. The lowest BCUT2D eigenvalue weighted by molar-refractivity contribution is -0.137. The molecule has 0 radical (unpaired) electrons. The van der Waals surface area contributed by atoms with E-state index >= 15 is 0 Å². The van der Waals surface area contributed by atoms with Gasteiger partial charge in [0.05, 0.1) is 46.4 Å². The highest BCUT2D eigenvalue weighted by molar-refractivity contribution is 6.33. The van der Waals surface area contributed by atoms with Gasteiger partial charge in [0.25, 0.3) is 11.5 Å². The average Bonchev–Trinajstić information content (AvgIpc) is 3.99. The highest BCUT2D eigenvalue weighted by Gasteiger charge is 2.49. The van der Waals surface area contributed by atoms with Crippen LogP contribution in [-0.4, -0.2) is 94.3 Å². The third kappa shape index (κ3) is 6.23. The summed E-state index contributed by atoms with van der Waals surface area (Å²) in [7, 11) is 0. The molecule has 3 aliphatic heterocycles. The number of alkyl halides is 3. The molecule has 9 rings (SSSR count). The third-order valence-corrected chi connectivity index (χ3v) is 12.4. The van der Waals surface area contributed by atoms with Gasteiger partial charge in [0.2, 0.25) is 11.7 Å². The number of likely N-dealkylation sites (tertiary alicyclic amines) is 1. The van der Waals surface area contributed by atoms with Gasteiger partial charge in [0.1, 0.15) is 18.7 Å². The van der Waals surface area contributed by atoms with E-state index < -0.39 is 34.5 Å². The van der Waals surface area contributed by atoms with Crippen molar-refractivity contribution < 1.29 is 32.6 Å². The minimum Gasteiger partial charge on any atom is -0.504 e. The Morgan fingerprint density at radius 1 is 1.09 bits per heavy atom. The predicted octanol–water partition coefficient (Wildman–Crippen LogP) is 5.04. The van der Waals surface area contributed by atoms with Gasteiger partial charge in [-0.15, -0.1) is 5.10 Å². The number of pyridine rings is 1. The first-order valence-corrected chi connectivity index (χ1v) is 19.4. The fourth-order valence-electron chi connectivity index (χ4n) is 9.25. The molecule has 3 saturated heterocycles. The molecule has 2 N–H and O–H groups in total. The molecule has 5 aromatic rings. The van der Waals surface area contributed by atoms with E-state index in [9.17, 15) is 32.7 Å². The van der Waals surface area contributed by atoms with Crippen molar-refractivity contribution in [1.82, 2.24) is 39.0 Å². The maximum atomic E-state index is 14.7. The number of carbonyl (C=O) groups excluding carboxylic acids is 2. The Bertz CT molecular complexity index is 2590. The van der Waals surface area contributed by atoms with Crippen molar-refractivity contribution in [1.29, 1.82) is 0 Å². The van der Waals surface area contributed by atoms with Gasteiger partial charge in [-0.25, -0.2) is 15.0 Å². The Kier molecular flexibility index (Phi) is 8.99. The molecule has 3 atom stereocenters. The van der Waals surface area contributed by atoms with Gasteiger partial charge in [0, 0.05) is 41.9 Å². The Morgan fingerprint density at radius 2 is 1.86 bits per heavy atom. The SMILES string of the molecule is Cc1nc(N2C[C@@H]3C[C@H]2CO3)ccc1-c1nc2n(CC(=O)Nc3ccc(C(F)(F)F)cc3Cl)c3c(c(=O)n2n1)C1(CCN(C(=O)c2ncnc(C)c2O)CC1)CC3C. The van der Waals surface area contributed by atoms with E-state index in [0.717, 1.165) is 37.0 Å². The van der Waals surface area contributed by atoms with Crippen molar-refractivity contribution in [3.05, 3.63) is 85.9 Å². The first kappa shape index (κ1) is 37.9. The van der Waals surface area contributed by atoms with E-state index in [2.05, 4.69) is 20.2 Å². The molecule has 2 bridgehead atoms. The molecule has 3 fully saturated rings. The lowest BCUT2D eigenvalue weighted by Crippen LogP contribution is -2.46. The fourth-order valence-corrected chi connectivity index (χ4v) is 9.48. The lowest BCUT2D eigenvalue weighted by Gasteiger charge is -2.39. The van der Waals surface area contributed by atoms with E-state index in [1.54, 1.807) is 16.4 Å². The summed E-state index contributed by atoms with van der Waals surface area (Å²) in [6.45, 7) is 6.95. The normalized spacial score (nSPS) is 21.0. The van der Waals surface area contributed by atoms with Gasteiger partial charge >= 0.3 is 6.18 Å². The molecule has 0 saturated carbocycles. The number of carbonyl (C=O) groups is 2. The second kappa shape index (κ2) is 13.8. The summed E-state index contributed by atoms with van der Waals surface area (Å²) >= 11 is 6.21. The number of nitrogens with one attached hydrogen (secondary N) is 1. The summed E-state index contributed by atoms with van der Waals surface area (Å²) in [6.07, 6.45) is -0.911. The van der Waals surface area contributed by atoms with E-state index in [1.165, 1.54) is 10.8 Å². The van der Waals surface area contributed by atoms with E-state index in [1.807, 2.05) is 26.0 Å². The molecular weight excluding hydrogens is 781 g/mol. The monoisotopic (exact) mass is 818 g/mol. The van der Waals surface area contributed by atoms with Gasteiger partial charge in [0.15, 0.2) is 17.3 Å². The number of piperidine rings is 1. The molecule has 1 unspecified atom stereocenters. The minimum atomic E-state index is -4.62. The molecule has 7 heterocycles. The van der Waals surface area contributed by atoms with Crippen molar-refractivity contribution >= 4 is 40.7 Å². The van der Waals surface area contributed by atoms with E-state index in [0.29, 0.717) is 48.4 Å². The van der Waals surface area contributed by atoms with Gasteiger partial charge in [-0.2, -0.15) is 22.7 Å². The van der Waals surface area contributed by atoms with Crippen molar-refractivity contribution in [2.45, 2.75) is 82.7 Å². The highest BCUT2D eigenvalue weighted by Crippen LogP contribution is 2.50. The number of fused-ring (bicyclic) bond motifs is 5. The van der Waals surface area contributed by atoms with Gasteiger partial charge in [-0.1, -0.05) is 18.5 Å². The first-order chi connectivity index (χ1) is 27.6. The number of aryl methyl sites for hydroxylation is 2. The summed E-state index contributed by atoms with van der Waals surface area (Å²) < 4.78 is 48.7. The zero-order valence-corrected chi connectivity index (χ0v) is 32.4. The molecule has 1 aliphatic carbocycles. The zero-order chi connectivity index (χ0) is 40.8. The van der Waals surface area contributed by atoms with Crippen LogP contribution in [0.4, 0.5) is 24.7 Å². The van der Waals surface area contributed by atoms with E-state index in [4.69, 9.17) is 31.4 Å². The van der Waals surface area contributed by atoms with Crippen molar-refractivity contribution in [3.63, 3.8) is 0 Å². The molecular formula is C39H38ClF3N10O5. The van der Waals surface area contributed by atoms with Crippen molar-refractivity contribution in [3.8, 4) is 17.1 Å². The topological polar surface area (TPSA) is 173 Å². The highest BCUT2D eigenvalue weighted by atomic mass is 35.5. The van der Waals surface area contributed by atoms with Crippen LogP contribution in [0.1, 0.15) is 77.2 Å². The number of hydrogen-bond donors (Lipinski definition) is 2. The number of amides is 2.